The molecule has 5 heteroatoms. The number of urea groups is 1. The summed E-state index contributed by atoms with van der Waals surface area (Å²) in [5, 5.41) is 6.26. The van der Waals surface area contributed by atoms with Gasteiger partial charge in [0.1, 0.15) is 5.75 Å². The van der Waals surface area contributed by atoms with Gasteiger partial charge in [-0.25, -0.2) is 4.79 Å². The van der Waals surface area contributed by atoms with Crippen molar-refractivity contribution in [1.29, 1.82) is 0 Å². The topological polar surface area (TPSA) is 53.6 Å². The molecule has 5 nitrogen and oxygen atoms in total. The van der Waals surface area contributed by atoms with Crippen LogP contribution in [0.15, 0.2) is 54.6 Å². The molecule has 2 N–H and O–H groups in total. The zero-order valence-electron chi connectivity index (χ0n) is 19.3. The average Bonchev–Trinajstić information content (AvgIpc) is 2.81. The molecule has 2 aromatic rings. The maximum atomic E-state index is 12.7. The normalized spacial score (nSPS) is 24.0. The zero-order chi connectivity index (χ0) is 22.2. The fourth-order valence-corrected chi connectivity index (χ4v) is 5.42. The van der Waals surface area contributed by atoms with Gasteiger partial charge in [0, 0.05) is 30.9 Å². The predicted molar refractivity (Wildman–Crippen MR) is 130 cm³/mol. The fraction of sp³-hybridized carbons (Fsp3) is 0.519. The van der Waals surface area contributed by atoms with Gasteiger partial charge in [0.05, 0.1) is 7.11 Å². The molecule has 0 bridgehead atoms. The van der Waals surface area contributed by atoms with E-state index in [4.69, 9.17) is 4.74 Å². The van der Waals surface area contributed by atoms with Gasteiger partial charge in [-0.05, 0) is 68.2 Å². The highest BCUT2D eigenvalue weighted by Gasteiger charge is 2.30. The Kier molecular flexibility index (Phi) is 8.05. The molecule has 3 atom stereocenters. The summed E-state index contributed by atoms with van der Waals surface area (Å²) in [5.41, 5.74) is 2.21. The summed E-state index contributed by atoms with van der Waals surface area (Å²) in [4.78, 5) is 15.4. The van der Waals surface area contributed by atoms with Crippen molar-refractivity contribution in [1.82, 2.24) is 10.2 Å². The van der Waals surface area contributed by atoms with Crippen molar-refractivity contribution < 1.29 is 9.53 Å². The van der Waals surface area contributed by atoms with Gasteiger partial charge >= 0.3 is 6.03 Å². The molecule has 2 fully saturated rings. The van der Waals surface area contributed by atoms with Crippen LogP contribution in [0.5, 0.6) is 5.75 Å². The number of hydrogen-bond donors (Lipinski definition) is 2. The molecule has 1 unspecified atom stereocenters. The largest absolute Gasteiger partial charge is 0.497 e. The van der Waals surface area contributed by atoms with Crippen LogP contribution in [0.1, 0.15) is 44.1 Å². The summed E-state index contributed by atoms with van der Waals surface area (Å²) in [6.45, 7) is 3.45. The SMILES string of the molecule is COc1cccc(NC(=O)N[C@@H]2CCCC[C@@H]2CN2CCCC(Cc3ccccc3)C2)c1. The summed E-state index contributed by atoms with van der Waals surface area (Å²) in [7, 11) is 1.64. The van der Waals surface area contributed by atoms with E-state index < -0.39 is 0 Å². The number of benzene rings is 2. The molecule has 1 aliphatic heterocycles. The molecule has 32 heavy (non-hydrogen) atoms. The first-order valence-corrected chi connectivity index (χ1v) is 12.2. The lowest BCUT2D eigenvalue weighted by atomic mass is 9.83. The first-order chi connectivity index (χ1) is 15.7. The molecule has 172 valence electrons. The number of ether oxygens (including phenoxy) is 1. The average molecular weight is 436 g/mol. The summed E-state index contributed by atoms with van der Waals surface area (Å²) in [6, 6.07) is 18.5. The number of methoxy groups -OCH3 is 1. The molecule has 0 spiro atoms. The minimum absolute atomic E-state index is 0.115. The van der Waals surface area contributed by atoms with Crippen LogP contribution in [0, 0.1) is 11.8 Å². The Labute approximate surface area is 192 Å². The standard InChI is InChI=1S/C27H37N3O2/c1-32-25-14-7-13-24(18-25)28-27(31)29-26-15-6-5-12-23(26)20-30-16-8-11-22(19-30)17-21-9-3-2-4-10-21/h2-4,7,9-10,13-14,18,22-23,26H,5-6,8,11-12,15-17,19-20H2,1H3,(H2,28,29,31)/t22?,23-,26-/m1/s1. The van der Waals surface area contributed by atoms with Crippen molar-refractivity contribution in [2.24, 2.45) is 11.8 Å². The Morgan fingerprint density at radius 2 is 1.88 bits per heavy atom. The molecule has 0 radical (unpaired) electrons. The highest BCUT2D eigenvalue weighted by molar-refractivity contribution is 5.89. The Bertz CT molecular complexity index is 857. The quantitative estimate of drug-likeness (QED) is 0.618. The first kappa shape index (κ1) is 22.7. The second-order valence-corrected chi connectivity index (χ2v) is 9.44. The van der Waals surface area contributed by atoms with Crippen LogP contribution >= 0.6 is 0 Å². The van der Waals surface area contributed by atoms with Gasteiger partial charge < -0.3 is 20.3 Å². The van der Waals surface area contributed by atoms with Crippen LogP contribution in [0.3, 0.4) is 0 Å². The second-order valence-electron chi connectivity index (χ2n) is 9.44. The van der Waals surface area contributed by atoms with Crippen LogP contribution in [-0.4, -0.2) is 43.7 Å². The third-order valence-corrected chi connectivity index (χ3v) is 7.02. The van der Waals surface area contributed by atoms with Crippen LogP contribution in [0.4, 0.5) is 10.5 Å². The summed E-state index contributed by atoms with van der Waals surface area (Å²) in [5.74, 6) is 2.00. The van der Waals surface area contributed by atoms with Crippen molar-refractivity contribution in [3.8, 4) is 5.75 Å². The molecule has 1 aliphatic carbocycles. The lowest BCUT2D eigenvalue weighted by Gasteiger charge is -2.39. The number of carbonyl (C=O) groups excluding carboxylic acids is 1. The van der Waals surface area contributed by atoms with E-state index in [1.165, 1.54) is 57.2 Å². The molecule has 4 rings (SSSR count). The molecular weight excluding hydrogens is 398 g/mol. The highest BCUT2D eigenvalue weighted by atomic mass is 16.5. The fourth-order valence-electron chi connectivity index (χ4n) is 5.42. The molecular formula is C27H37N3O2. The monoisotopic (exact) mass is 435 g/mol. The van der Waals surface area contributed by atoms with E-state index in [0.29, 0.717) is 5.92 Å². The highest BCUT2D eigenvalue weighted by Crippen LogP contribution is 2.28. The summed E-state index contributed by atoms with van der Waals surface area (Å²) in [6.07, 6.45) is 8.49. The van der Waals surface area contributed by atoms with Gasteiger partial charge in [0.2, 0.25) is 0 Å². The lowest BCUT2D eigenvalue weighted by Crippen LogP contribution is -2.49. The molecule has 2 aliphatic rings. The van der Waals surface area contributed by atoms with E-state index in [1.54, 1.807) is 7.11 Å². The van der Waals surface area contributed by atoms with Crippen molar-refractivity contribution in [3.05, 3.63) is 60.2 Å². The van der Waals surface area contributed by atoms with Crippen molar-refractivity contribution in [2.75, 3.05) is 32.1 Å². The van der Waals surface area contributed by atoms with Gasteiger partial charge in [-0.2, -0.15) is 0 Å². The predicted octanol–water partition coefficient (Wildman–Crippen LogP) is 5.33. The van der Waals surface area contributed by atoms with Gasteiger partial charge in [-0.1, -0.05) is 49.2 Å². The third-order valence-electron chi connectivity index (χ3n) is 7.02. The molecule has 1 heterocycles. The Hall–Kier alpha value is -2.53. The molecule has 1 saturated carbocycles. The molecule has 1 saturated heterocycles. The second kappa shape index (κ2) is 11.4. The van der Waals surface area contributed by atoms with Crippen molar-refractivity contribution in [3.63, 3.8) is 0 Å². The van der Waals surface area contributed by atoms with Gasteiger partial charge in [-0.15, -0.1) is 0 Å². The zero-order valence-corrected chi connectivity index (χ0v) is 19.3. The Morgan fingerprint density at radius 3 is 2.72 bits per heavy atom. The maximum absolute atomic E-state index is 12.7. The van der Waals surface area contributed by atoms with Crippen LogP contribution in [-0.2, 0) is 6.42 Å². The first-order valence-electron chi connectivity index (χ1n) is 12.2. The summed E-state index contributed by atoms with van der Waals surface area (Å²) >= 11 is 0. The van der Waals surface area contributed by atoms with E-state index in [0.717, 1.165) is 30.3 Å². The number of piperidine rings is 1. The lowest BCUT2D eigenvalue weighted by molar-refractivity contribution is 0.123. The minimum atomic E-state index is -0.115. The number of amides is 2. The number of anilines is 1. The summed E-state index contributed by atoms with van der Waals surface area (Å²) < 4.78 is 5.26. The molecule has 2 amide bonds. The number of nitrogens with one attached hydrogen (secondary N) is 2. The van der Waals surface area contributed by atoms with E-state index in [-0.39, 0.29) is 12.1 Å². The Morgan fingerprint density at radius 1 is 1.03 bits per heavy atom. The van der Waals surface area contributed by atoms with Crippen LogP contribution < -0.4 is 15.4 Å². The maximum Gasteiger partial charge on any atom is 0.319 e. The number of carbonyl (C=O) groups is 1. The smallest absolute Gasteiger partial charge is 0.319 e. The van der Waals surface area contributed by atoms with E-state index in [1.807, 2.05) is 24.3 Å². The van der Waals surface area contributed by atoms with Gasteiger partial charge in [0.15, 0.2) is 0 Å². The number of rotatable bonds is 7. The van der Waals surface area contributed by atoms with Crippen molar-refractivity contribution in [2.45, 2.75) is 51.0 Å². The van der Waals surface area contributed by atoms with Crippen LogP contribution in [0.2, 0.25) is 0 Å². The van der Waals surface area contributed by atoms with E-state index >= 15 is 0 Å². The number of likely N-dealkylation sites (tertiary alicyclic amines) is 1. The van der Waals surface area contributed by atoms with E-state index in [2.05, 4.69) is 45.9 Å². The molecule has 0 aromatic heterocycles. The number of nitrogens with zero attached hydrogens (tertiary/aromatic N) is 1. The van der Waals surface area contributed by atoms with Gasteiger partial charge in [-0.3, -0.25) is 0 Å². The third kappa shape index (κ3) is 6.49. The number of hydrogen-bond acceptors (Lipinski definition) is 3. The molecule has 2 aromatic carbocycles. The van der Waals surface area contributed by atoms with Gasteiger partial charge in [0.25, 0.3) is 0 Å². The van der Waals surface area contributed by atoms with Crippen LogP contribution in [0.25, 0.3) is 0 Å². The van der Waals surface area contributed by atoms with Crippen molar-refractivity contribution >= 4 is 11.7 Å². The van der Waals surface area contributed by atoms with E-state index in [9.17, 15) is 4.79 Å². The minimum Gasteiger partial charge on any atom is -0.497 e. The Balaban J connectivity index is 1.30.